The molecule has 1 aromatic carbocycles. The van der Waals surface area contributed by atoms with Crippen LogP contribution in [-0.4, -0.2) is 72.0 Å². The first kappa shape index (κ1) is 25.7. The molecule has 0 radical (unpaired) electrons. The number of piperazine rings is 1. The highest BCUT2D eigenvalue weighted by Gasteiger charge is 2.19. The van der Waals surface area contributed by atoms with Gasteiger partial charge in [0.1, 0.15) is 18.0 Å². The summed E-state index contributed by atoms with van der Waals surface area (Å²) in [4.78, 5) is 40.9. The molecule has 0 unspecified atom stereocenters. The molecule has 1 N–H and O–H groups in total. The molecule has 0 bridgehead atoms. The van der Waals surface area contributed by atoms with Crippen molar-refractivity contribution in [3.05, 3.63) is 62.2 Å². The van der Waals surface area contributed by atoms with E-state index in [0.29, 0.717) is 39.5 Å². The van der Waals surface area contributed by atoms with Crippen LogP contribution in [0.2, 0.25) is 5.02 Å². The molecular weight excluding hydrogens is 474 g/mol. The highest BCUT2D eigenvalue weighted by molar-refractivity contribution is 7.17. The first-order chi connectivity index (χ1) is 16.4. The van der Waals surface area contributed by atoms with Gasteiger partial charge in [-0.1, -0.05) is 40.2 Å². The molecular formula is C23H28ClN7O2S. The predicted octanol–water partition coefficient (Wildman–Crippen LogP) is 4.25. The van der Waals surface area contributed by atoms with Gasteiger partial charge < -0.3 is 10.2 Å². The summed E-state index contributed by atoms with van der Waals surface area (Å²) in [5.74, 6) is 1.49. The largest absolute Gasteiger partial charge is 0.356 e. The van der Waals surface area contributed by atoms with E-state index in [1.54, 1.807) is 6.07 Å². The van der Waals surface area contributed by atoms with Gasteiger partial charge in [0, 0.05) is 38.3 Å². The van der Waals surface area contributed by atoms with Crippen molar-refractivity contribution in [2.45, 2.75) is 20.8 Å². The third-order valence-corrected chi connectivity index (χ3v) is 6.61. The highest BCUT2D eigenvalue weighted by Crippen LogP contribution is 2.28. The number of carbonyl (C=O) groups is 1. The number of hydrogen-bond acceptors (Lipinski definition) is 8. The van der Waals surface area contributed by atoms with E-state index < -0.39 is 0 Å². The lowest BCUT2D eigenvalue weighted by molar-refractivity contribution is 0.104. The molecule has 3 rings (SSSR count). The van der Waals surface area contributed by atoms with E-state index in [4.69, 9.17) is 11.6 Å². The van der Waals surface area contributed by atoms with Gasteiger partial charge in [0.2, 0.25) is 10.9 Å². The van der Waals surface area contributed by atoms with E-state index in [1.165, 1.54) is 23.9 Å². The molecule has 0 atom stereocenters. The summed E-state index contributed by atoms with van der Waals surface area (Å²) in [6.07, 6.45) is 4.95. The Bertz CT molecular complexity index is 1080. The van der Waals surface area contributed by atoms with Crippen LogP contribution in [0.4, 0.5) is 5.13 Å². The minimum atomic E-state index is -0.163. The average molecular weight is 502 g/mol. The van der Waals surface area contributed by atoms with Crippen LogP contribution in [-0.2, 0) is 0 Å². The van der Waals surface area contributed by atoms with Crippen LogP contribution >= 0.6 is 22.9 Å². The monoisotopic (exact) mass is 501 g/mol. The summed E-state index contributed by atoms with van der Waals surface area (Å²) < 4.78 is 0. The number of nitrogens with zero attached hydrogens (tertiary/aromatic N) is 6. The Morgan fingerprint density at radius 3 is 2.74 bits per heavy atom. The van der Waals surface area contributed by atoms with Crippen LogP contribution in [0.25, 0.3) is 0 Å². The summed E-state index contributed by atoms with van der Waals surface area (Å²) in [6.45, 7) is 10.2. The molecule has 2 aromatic rings. The Kier molecular flexibility index (Phi) is 9.43. The Hall–Kier alpha value is -2.95. The van der Waals surface area contributed by atoms with Crippen LogP contribution in [0.1, 0.15) is 34.6 Å². The number of carbonyl (C=O) groups excluding carboxylic acids is 1. The summed E-state index contributed by atoms with van der Waals surface area (Å²) in [5.41, 5.74) is 1.31. The summed E-state index contributed by atoms with van der Waals surface area (Å²) in [5, 5.41) is 7.12. The molecule has 11 heteroatoms. The van der Waals surface area contributed by atoms with Crippen LogP contribution < -0.4 is 5.32 Å². The van der Waals surface area contributed by atoms with Gasteiger partial charge >= 0.3 is 0 Å². The Balaban J connectivity index is 1.57. The molecule has 34 heavy (non-hydrogen) atoms. The number of halogens is 1. The van der Waals surface area contributed by atoms with Gasteiger partial charge in [-0.3, -0.25) is 9.69 Å². The predicted molar refractivity (Wildman–Crippen MR) is 139 cm³/mol. The minimum Gasteiger partial charge on any atom is -0.356 e. The van der Waals surface area contributed by atoms with Crippen molar-refractivity contribution in [1.29, 1.82) is 0 Å². The van der Waals surface area contributed by atoms with Crippen molar-refractivity contribution >= 4 is 46.0 Å². The number of aromatic nitrogens is 1. The van der Waals surface area contributed by atoms with Crippen LogP contribution in [0, 0.1) is 11.8 Å². The fraction of sp³-hybridized carbons (Fsp3) is 0.391. The Labute approximate surface area is 208 Å². The highest BCUT2D eigenvalue weighted by atomic mass is 35.5. The van der Waals surface area contributed by atoms with Crippen molar-refractivity contribution in [3.8, 4) is 0 Å². The molecule has 1 aliphatic heterocycles. The zero-order valence-corrected chi connectivity index (χ0v) is 21.1. The number of benzene rings is 1. The summed E-state index contributed by atoms with van der Waals surface area (Å²) >= 11 is 7.41. The number of aryl methyl sites for hydroxylation is 1. The van der Waals surface area contributed by atoms with Crippen molar-refractivity contribution < 1.29 is 4.79 Å². The number of thiazole rings is 1. The molecule has 0 amide bonds. The van der Waals surface area contributed by atoms with Gasteiger partial charge in [-0.05, 0) is 38.5 Å². The number of allylic oxidation sites excluding steroid dienone is 1. The van der Waals surface area contributed by atoms with E-state index in [2.05, 4.69) is 35.3 Å². The lowest BCUT2D eigenvalue weighted by atomic mass is 10.0. The third kappa shape index (κ3) is 6.78. The summed E-state index contributed by atoms with van der Waals surface area (Å²) in [6, 6.07) is 5.38. The number of nitrogens with one attached hydrogen (secondary N) is 1. The molecule has 1 saturated heterocycles. The third-order valence-electron chi connectivity index (χ3n) is 5.39. The fourth-order valence-corrected chi connectivity index (χ4v) is 4.59. The van der Waals surface area contributed by atoms with Gasteiger partial charge in [0.05, 0.1) is 22.6 Å². The SMILES string of the molecule is C/C=C(\NC(C)=N/C=N\c1ncc(C(=O)c2c(C)cccc2Cl)s1)N1CCN(CCN=O)CC1. The van der Waals surface area contributed by atoms with Gasteiger partial charge in [-0.2, -0.15) is 4.91 Å². The summed E-state index contributed by atoms with van der Waals surface area (Å²) in [7, 11) is 0. The quantitative estimate of drug-likeness (QED) is 0.238. The molecule has 2 heterocycles. The van der Waals surface area contributed by atoms with E-state index in [0.717, 1.165) is 37.6 Å². The zero-order valence-electron chi connectivity index (χ0n) is 19.5. The lowest BCUT2D eigenvalue weighted by Crippen LogP contribution is -2.49. The van der Waals surface area contributed by atoms with E-state index >= 15 is 0 Å². The van der Waals surface area contributed by atoms with Gasteiger partial charge in [-0.25, -0.2) is 15.0 Å². The van der Waals surface area contributed by atoms with Crippen molar-refractivity contribution in [1.82, 2.24) is 20.1 Å². The number of ketones is 1. The molecule has 180 valence electrons. The first-order valence-corrected chi connectivity index (χ1v) is 12.1. The number of hydrogen-bond donors (Lipinski definition) is 1. The Morgan fingerprint density at radius 2 is 2.06 bits per heavy atom. The average Bonchev–Trinajstić information content (AvgIpc) is 3.30. The maximum atomic E-state index is 12.8. The molecule has 0 spiro atoms. The molecule has 0 saturated carbocycles. The zero-order chi connectivity index (χ0) is 24.5. The van der Waals surface area contributed by atoms with E-state index in [-0.39, 0.29) is 5.78 Å². The van der Waals surface area contributed by atoms with E-state index in [1.807, 2.05) is 39.0 Å². The second-order valence-electron chi connectivity index (χ2n) is 7.71. The topological polar surface area (TPSA) is 103 Å². The molecule has 1 fully saturated rings. The van der Waals surface area contributed by atoms with Crippen molar-refractivity contribution in [3.63, 3.8) is 0 Å². The minimum absolute atomic E-state index is 0.163. The van der Waals surface area contributed by atoms with Gasteiger partial charge in [0.15, 0.2) is 0 Å². The van der Waals surface area contributed by atoms with Crippen LogP contribution in [0.3, 0.4) is 0 Å². The lowest BCUT2D eigenvalue weighted by Gasteiger charge is -2.37. The number of aliphatic imine (C=N–C) groups is 2. The van der Waals surface area contributed by atoms with E-state index in [9.17, 15) is 9.70 Å². The normalized spacial score (nSPS) is 15.7. The molecule has 9 nitrogen and oxygen atoms in total. The van der Waals surface area contributed by atoms with Crippen LogP contribution in [0.5, 0.6) is 0 Å². The maximum Gasteiger partial charge on any atom is 0.211 e. The molecule has 1 aromatic heterocycles. The Morgan fingerprint density at radius 1 is 1.29 bits per heavy atom. The fourth-order valence-electron chi connectivity index (χ4n) is 3.58. The second kappa shape index (κ2) is 12.5. The smallest absolute Gasteiger partial charge is 0.211 e. The van der Waals surface area contributed by atoms with Gasteiger partial charge in [0.25, 0.3) is 0 Å². The van der Waals surface area contributed by atoms with Crippen LogP contribution in [0.15, 0.2) is 51.5 Å². The number of amidine groups is 1. The number of rotatable bonds is 9. The second-order valence-corrected chi connectivity index (χ2v) is 9.12. The maximum absolute atomic E-state index is 12.8. The molecule has 0 aliphatic carbocycles. The first-order valence-electron chi connectivity index (χ1n) is 10.9. The van der Waals surface area contributed by atoms with Gasteiger partial charge in [-0.15, -0.1) is 0 Å². The number of nitroso groups, excluding NO2 is 1. The standard InChI is InChI=1S/C23H28ClN7O2S/c1-4-20(31-12-10-30(11-13-31)9-8-28-33)29-17(3)26-15-27-23-25-14-19(34-23)22(32)21-16(2)6-5-7-18(21)24/h4-7,14-15H,8-13H2,1-3H3,(H,25,26,27,29)/b20-4+. The van der Waals surface area contributed by atoms with Crippen molar-refractivity contribution in [2.75, 3.05) is 39.3 Å². The van der Waals surface area contributed by atoms with Crippen molar-refractivity contribution in [2.24, 2.45) is 15.2 Å². The molecule has 1 aliphatic rings.